The second-order valence-corrected chi connectivity index (χ2v) is 4.90. The number of alkyl halides is 3. The number of nitrogens with zero attached hydrogens (tertiary/aromatic N) is 2. The molecule has 1 saturated heterocycles. The Labute approximate surface area is 144 Å². The molecule has 2 heterocycles. The predicted octanol–water partition coefficient (Wildman–Crippen LogP) is 2.29. The second kappa shape index (κ2) is 9.14. The van der Waals surface area contributed by atoms with E-state index in [-0.39, 0.29) is 48.1 Å². The summed E-state index contributed by atoms with van der Waals surface area (Å²) in [6, 6.07) is 2.90. The van der Waals surface area contributed by atoms with Gasteiger partial charge in [0, 0.05) is 19.3 Å². The van der Waals surface area contributed by atoms with Gasteiger partial charge in [-0.2, -0.15) is 13.2 Å². The normalized spacial score (nSPS) is 17.2. The quantitative estimate of drug-likeness (QED) is 0.876. The second-order valence-electron chi connectivity index (χ2n) is 4.90. The largest absolute Gasteiger partial charge is 0.467 e. The van der Waals surface area contributed by atoms with E-state index in [4.69, 9.17) is 5.73 Å². The molecule has 2 N–H and O–H groups in total. The Morgan fingerprint density at radius 2 is 2.13 bits per heavy atom. The molecule has 0 spiro atoms. The lowest BCUT2D eigenvalue weighted by Crippen LogP contribution is -2.30. The van der Waals surface area contributed by atoms with Crippen LogP contribution in [0.2, 0.25) is 0 Å². The van der Waals surface area contributed by atoms with E-state index in [1.807, 2.05) is 0 Å². The predicted molar refractivity (Wildman–Crippen MR) is 83.3 cm³/mol. The van der Waals surface area contributed by atoms with Crippen molar-refractivity contribution in [3.05, 3.63) is 23.9 Å². The minimum Gasteiger partial charge on any atom is -0.467 e. The molecule has 0 aliphatic carbocycles. The molecule has 1 unspecified atom stereocenters. The molecule has 1 fully saturated rings. The monoisotopic (exact) mass is 375 g/mol. The van der Waals surface area contributed by atoms with Crippen molar-refractivity contribution in [2.75, 3.05) is 26.2 Å². The molecule has 5 nitrogen and oxygen atoms in total. The summed E-state index contributed by atoms with van der Waals surface area (Å²) in [6.07, 6.45) is -2.40. The zero-order valence-electron chi connectivity index (χ0n) is 12.1. The maximum atomic E-state index is 12.3. The summed E-state index contributed by atoms with van der Waals surface area (Å²) in [5, 5.41) is 0. The number of rotatable bonds is 4. The third-order valence-corrected chi connectivity index (χ3v) is 3.28. The van der Waals surface area contributed by atoms with Crippen LogP contribution >= 0.6 is 24.8 Å². The van der Waals surface area contributed by atoms with Crippen LogP contribution < -0.4 is 10.5 Å². The first-order chi connectivity index (χ1) is 9.90. The third-order valence-electron chi connectivity index (χ3n) is 3.28. The number of hydrogen-bond acceptors (Lipinski definition) is 4. The van der Waals surface area contributed by atoms with Crippen LogP contribution in [0.25, 0.3) is 0 Å². The molecule has 1 amide bonds. The molecule has 10 heteroatoms. The van der Waals surface area contributed by atoms with Crippen LogP contribution in [0.15, 0.2) is 18.3 Å². The topological polar surface area (TPSA) is 68.5 Å². The van der Waals surface area contributed by atoms with E-state index in [1.165, 1.54) is 18.3 Å². The summed E-state index contributed by atoms with van der Waals surface area (Å²) in [6.45, 7) is 0.0429. The first kappa shape index (κ1) is 21.8. The van der Waals surface area contributed by atoms with Crippen molar-refractivity contribution in [1.82, 2.24) is 9.88 Å². The first-order valence-corrected chi connectivity index (χ1v) is 6.54. The Balaban J connectivity index is 0.00000242. The maximum absolute atomic E-state index is 12.3. The number of ether oxygens (including phenoxy) is 1. The summed E-state index contributed by atoms with van der Waals surface area (Å²) in [4.78, 5) is 17.6. The Kier molecular flexibility index (Phi) is 8.65. The molecule has 0 aromatic carbocycles. The van der Waals surface area contributed by atoms with E-state index >= 15 is 0 Å². The number of aromatic nitrogens is 1. The van der Waals surface area contributed by atoms with E-state index in [0.717, 1.165) is 6.42 Å². The molecule has 0 saturated carbocycles. The van der Waals surface area contributed by atoms with Crippen LogP contribution in [0.5, 0.6) is 5.88 Å². The zero-order chi connectivity index (χ0) is 15.5. The molecule has 1 aromatic heterocycles. The van der Waals surface area contributed by atoms with Crippen molar-refractivity contribution < 1.29 is 22.7 Å². The van der Waals surface area contributed by atoms with Crippen molar-refractivity contribution in [2.45, 2.75) is 12.6 Å². The molecule has 1 aliphatic rings. The van der Waals surface area contributed by atoms with Crippen LogP contribution in [0.1, 0.15) is 16.8 Å². The highest BCUT2D eigenvalue weighted by Gasteiger charge is 2.31. The average molecular weight is 376 g/mol. The number of halogens is 5. The lowest BCUT2D eigenvalue weighted by molar-refractivity contribution is -0.154. The molecule has 1 atom stereocenters. The number of pyridine rings is 1. The Hall–Kier alpha value is -1.25. The van der Waals surface area contributed by atoms with E-state index in [0.29, 0.717) is 19.6 Å². The number of nitrogens with two attached hydrogens (primary N) is 1. The summed E-state index contributed by atoms with van der Waals surface area (Å²) >= 11 is 0. The van der Waals surface area contributed by atoms with Gasteiger partial charge in [-0.15, -0.1) is 24.8 Å². The van der Waals surface area contributed by atoms with Gasteiger partial charge in [-0.1, -0.05) is 0 Å². The molecule has 2 rings (SSSR count). The van der Waals surface area contributed by atoms with E-state index in [1.54, 1.807) is 4.90 Å². The van der Waals surface area contributed by atoms with Crippen LogP contribution in [-0.4, -0.2) is 48.2 Å². The number of hydrogen-bond donors (Lipinski definition) is 1. The SMILES string of the molecule is Cl.Cl.NCC1CCN(C(=O)c2cccnc2OCC(F)(F)F)C1. The maximum Gasteiger partial charge on any atom is 0.422 e. The van der Waals surface area contributed by atoms with Crippen LogP contribution in [0, 0.1) is 5.92 Å². The van der Waals surface area contributed by atoms with Gasteiger partial charge in [0.2, 0.25) is 5.88 Å². The molecule has 1 aromatic rings. The van der Waals surface area contributed by atoms with Gasteiger partial charge >= 0.3 is 6.18 Å². The van der Waals surface area contributed by atoms with Gasteiger partial charge in [0.15, 0.2) is 6.61 Å². The fraction of sp³-hybridized carbons (Fsp3) is 0.538. The van der Waals surface area contributed by atoms with Crippen molar-refractivity contribution in [2.24, 2.45) is 11.7 Å². The smallest absolute Gasteiger partial charge is 0.422 e. The van der Waals surface area contributed by atoms with E-state index in [2.05, 4.69) is 9.72 Å². The lowest BCUT2D eigenvalue weighted by atomic mass is 10.1. The van der Waals surface area contributed by atoms with Crippen molar-refractivity contribution >= 4 is 30.7 Å². The molecular weight excluding hydrogens is 358 g/mol. The highest BCUT2D eigenvalue weighted by atomic mass is 35.5. The Bertz CT molecular complexity index is 517. The van der Waals surface area contributed by atoms with E-state index in [9.17, 15) is 18.0 Å². The Morgan fingerprint density at radius 3 is 2.70 bits per heavy atom. The third kappa shape index (κ3) is 6.04. The van der Waals surface area contributed by atoms with Crippen LogP contribution in [0.4, 0.5) is 13.2 Å². The van der Waals surface area contributed by atoms with Crippen LogP contribution in [-0.2, 0) is 0 Å². The highest BCUT2D eigenvalue weighted by molar-refractivity contribution is 5.96. The van der Waals surface area contributed by atoms with Gasteiger partial charge in [0.1, 0.15) is 5.56 Å². The average Bonchev–Trinajstić information content (AvgIpc) is 2.93. The van der Waals surface area contributed by atoms with Gasteiger partial charge in [-0.25, -0.2) is 4.98 Å². The van der Waals surface area contributed by atoms with E-state index < -0.39 is 12.8 Å². The van der Waals surface area contributed by atoms with Crippen molar-refractivity contribution in [3.63, 3.8) is 0 Å². The van der Waals surface area contributed by atoms with Crippen molar-refractivity contribution in [1.29, 1.82) is 0 Å². The fourth-order valence-electron chi connectivity index (χ4n) is 2.20. The van der Waals surface area contributed by atoms with Gasteiger partial charge in [0.25, 0.3) is 5.91 Å². The zero-order valence-corrected chi connectivity index (χ0v) is 13.7. The first-order valence-electron chi connectivity index (χ1n) is 6.54. The number of carbonyl (C=O) groups excluding carboxylic acids is 1. The van der Waals surface area contributed by atoms with Gasteiger partial charge < -0.3 is 15.4 Å². The summed E-state index contributed by atoms with van der Waals surface area (Å²) in [5.74, 6) is -0.447. The summed E-state index contributed by atoms with van der Waals surface area (Å²) in [5.41, 5.74) is 5.60. The number of likely N-dealkylation sites (tertiary alicyclic amines) is 1. The number of amides is 1. The molecule has 132 valence electrons. The van der Waals surface area contributed by atoms with Gasteiger partial charge in [-0.05, 0) is 31.0 Å². The molecular formula is C13H18Cl2F3N3O2. The van der Waals surface area contributed by atoms with Gasteiger partial charge in [-0.3, -0.25) is 4.79 Å². The van der Waals surface area contributed by atoms with Crippen LogP contribution in [0.3, 0.4) is 0 Å². The summed E-state index contributed by atoms with van der Waals surface area (Å²) < 4.78 is 41.3. The standard InChI is InChI=1S/C13H16F3N3O2.2ClH/c14-13(15,16)8-21-11-10(2-1-4-18-11)12(20)19-5-3-9(6-17)7-19;;/h1-2,4,9H,3,5-8,17H2;2*1H. The molecule has 23 heavy (non-hydrogen) atoms. The molecule has 1 aliphatic heterocycles. The highest BCUT2D eigenvalue weighted by Crippen LogP contribution is 2.23. The Morgan fingerprint density at radius 1 is 1.43 bits per heavy atom. The van der Waals surface area contributed by atoms with Crippen molar-refractivity contribution in [3.8, 4) is 5.88 Å². The minimum atomic E-state index is -4.48. The summed E-state index contributed by atoms with van der Waals surface area (Å²) in [7, 11) is 0. The number of carbonyl (C=O) groups is 1. The fourth-order valence-corrected chi connectivity index (χ4v) is 2.20. The molecule has 0 radical (unpaired) electrons. The molecule has 0 bridgehead atoms. The minimum absolute atomic E-state index is 0. The van der Waals surface area contributed by atoms with Gasteiger partial charge in [0.05, 0.1) is 0 Å². The lowest BCUT2D eigenvalue weighted by Gasteiger charge is -2.18.